The molecule has 0 radical (unpaired) electrons. The molecule has 2 bridgehead atoms. The molecule has 3 aliphatic carbocycles. The van der Waals surface area contributed by atoms with Crippen LogP contribution in [-0.2, 0) is 11.3 Å². The van der Waals surface area contributed by atoms with E-state index in [4.69, 9.17) is 4.74 Å². The lowest BCUT2D eigenvalue weighted by Gasteiger charge is -2.48. The van der Waals surface area contributed by atoms with Crippen LogP contribution in [0.15, 0.2) is 36.2 Å². The highest BCUT2D eigenvalue weighted by Gasteiger charge is 2.48. The van der Waals surface area contributed by atoms with Crippen molar-refractivity contribution in [2.24, 2.45) is 5.41 Å². The quantitative estimate of drug-likeness (QED) is 0.765. The molecule has 0 saturated heterocycles. The van der Waals surface area contributed by atoms with Crippen molar-refractivity contribution in [3.05, 3.63) is 47.3 Å². The summed E-state index contributed by atoms with van der Waals surface area (Å²) in [5, 5.41) is 0. The van der Waals surface area contributed by atoms with Gasteiger partial charge < -0.3 is 4.74 Å². The number of rotatable bonds is 3. The Labute approximate surface area is 114 Å². The fourth-order valence-electron chi connectivity index (χ4n) is 3.11. The second kappa shape index (κ2) is 4.45. The number of benzene rings is 1. The predicted molar refractivity (Wildman–Crippen MR) is 74.5 cm³/mol. The molecule has 1 nitrogen and oxygen atoms in total. The zero-order chi connectivity index (χ0) is 13.5. The fraction of sp³-hybridized carbons (Fsp3) is 0.529. The Kier molecular flexibility index (Phi) is 3.01. The molecular weight excluding hydrogens is 239 g/mol. The summed E-state index contributed by atoms with van der Waals surface area (Å²) >= 11 is 0. The smallest absolute Gasteiger partial charge is 0.105 e. The first-order chi connectivity index (χ1) is 9.01. The summed E-state index contributed by atoms with van der Waals surface area (Å²) < 4.78 is 20.2. The molecule has 0 aliphatic heterocycles. The van der Waals surface area contributed by atoms with Crippen LogP contribution in [-0.4, -0.2) is 5.60 Å². The van der Waals surface area contributed by atoms with Gasteiger partial charge in [-0.25, -0.2) is 4.39 Å². The van der Waals surface area contributed by atoms with Crippen LogP contribution < -0.4 is 0 Å². The first-order valence-corrected chi connectivity index (χ1v) is 7.10. The van der Waals surface area contributed by atoms with E-state index in [1.54, 1.807) is 6.08 Å². The standard InChI is InChI=1S/C17H21FO/c1-13-3-5-14(6-4-13)12-19-17-9-7-16(2,8-10-17)15(18)11-17/h3-6,11H,7-10,12H2,1-2H3. The van der Waals surface area contributed by atoms with E-state index in [1.165, 1.54) is 5.56 Å². The first kappa shape index (κ1) is 12.9. The Hall–Kier alpha value is -1.15. The summed E-state index contributed by atoms with van der Waals surface area (Å²) in [4.78, 5) is 0. The number of allylic oxidation sites excluding steroid dienone is 1. The molecule has 0 heterocycles. The van der Waals surface area contributed by atoms with E-state index in [0.29, 0.717) is 6.61 Å². The molecule has 3 aliphatic rings. The molecule has 1 saturated carbocycles. The van der Waals surface area contributed by atoms with Gasteiger partial charge >= 0.3 is 0 Å². The first-order valence-electron chi connectivity index (χ1n) is 7.10. The van der Waals surface area contributed by atoms with E-state index in [9.17, 15) is 4.39 Å². The Morgan fingerprint density at radius 3 is 2.32 bits per heavy atom. The summed E-state index contributed by atoms with van der Waals surface area (Å²) in [5.74, 6) is 0.0360. The molecule has 1 fully saturated rings. The molecule has 0 aromatic heterocycles. The maximum Gasteiger partial charge on any atom is 0.105 e. The van der Waals surface area contributed by atoms with Crippen LogP contribution in [0, 0.1) is 12.3 Å². The fourth-order valence-corrected chi connectivity index (χ4v) is 3.11. The molecule has 1 aromatic rings. The summed E-state index contributed by atoms with van der Waals surface area (Å²) in [6, 6.07) is 8.35. The lowest BCUT2D eigenvalue weighted by Crippen LogP contribution is -2.44. The lowest BCUT2D eigenvalue weighted by molar-refractivity contribution is -0.0787. The number of hydrogen-bond acceptors (Lipinski definition) is 1. The van der Waals surface area contributed by atoms with Gasteiger partial charge in [0.2, 0.25) is 0 Å². The van der Waals surface area contributed by atoms with Crippen molar-refractivity contribution in [2.45, 2.75) is 51.7 Å². The van der Waals surface area contributed by atoms with Gasteiger partial charge in [-0.2, -0.15) is 0 Å². The van der Waals surface area contributed by atoms with Crippen molar-refractivity contribution in [1.29, 1.82) is 0 Å². The molecule has 19 heavy (non-hydrogen) atoms. The second-order valence-corrected chi connectivity index (χ2v) is 6.39. The molecule has 102 valence electrons. The van der Waals surface area contributed by atoms with Gasteiger partial charge in [0, 0.05) is 5.41 Å². The summed E-state index contributed by atoms with van der Waals surface area (Å²) in [6.07, 6.45) is 5.45. The third kappa shape index (κ3) is 2.34. The van der Waals surface area contributed by atoms with Gasteiger partial charge in [0.25, 0.3) is 0 Å². The van der Waals surface area contributed by atoms with Crippen molar-refractivity contribution >= 4 is 0 Å². The zero-order valence-corrected chi connectivity index (χ0v) is 11.7. The molecule has 0 unspecified atom stereocenters. The molecule has 0 amide bonds. The molecular formula is C17H21FO. The van der Waals surface area contributed by atoms with Gasteiger partial charge in [-0.3, -0.25) is 0 Å². The van der Waals surface area contributed by atoms with Crippen molar-refractivity contribution in [3.8, 4) is 0 Å². The average Bonchev–Trinajstić information content (AvgIpc) is 2.41. The zero-order valence-electron chi connectivity index (χ0n) is 11.7. The highest BCUT2D eigenvalue weighted by atomic mass is 19.1. The summed E-state index contributed by atoms with van der Waals surface area (Å²) in [7, 11) is 0. The van der Waals surface area contributed by atoms with Gasteiger partial charge in [0.05, 0.1) is 12.2 Å². The topological polar surface area (TPSA) is 9.23 Å². The Balaban J connectivity index is 1.72. The molecule has 1 aromatic carbocycles. The van der Waals surface area contributed by atoms with Crippen molar-refractivity contribution in [2.75, 3.05) is 0 Å². The Morgan fingerprint density at radius 2 is 1.74 bits per heavy atom. The maximum atomic E-state index is 14.1. The number of aryl methyl sites for hydroxylation is 1. The van der Waals surface area contributed by atoms with E-state index in [1.807, 2.05) is 6.92 Å². The summed E-state index contributed by atoms with van der Waals surface area (Å²) in [6.45, 7) is 4.67. The molecule has 4 rings (SSSR count). The Morgan fingerprint density at radius 1 is 1.11 bits per heavy atom. The highest BCUT2D eigenvalue weighted by molar-refractivity contribution is 5.24. The average molecular weight is 260 g/mol. The normalized spacial score (nSPS) is 33.3. The molecule has 0 spiro atoms. The number of hydrogen-bond donors (Lipinski definition) is 0. The van der Waals surface area contributed by atoms with Crippen LogP contribution >= 0.6 is 0 Å². The lowest BCUT2D eigenvalue weighted by atomic mass is 9.63. The van der Waals surface area contributed by atoms with E-state index in [2.05, 4.69) is 31.2 Å². The minimum Gasteiger partial charge on any atom is -0.366 e. The predicted octanol–water partition coefficient (Wildman–Crippen LogP) is 4.70. The molecule has 0 N–H and O–H groups in total. The van der Waals surface area contributed by atoms with E-state index in [-0.39, 0.29) is 16.8 Å². The van der Waals surface area contributed by atoms with Gasteiger partial charge in [0.15, 0.2) is 0 Å². The number of fused-ring (bicyclic) bond motifs is 2. The number of ether oxygens (including phenoxy) is 1. The van der Waals surface area contributed by atoms with Crippen LogP contribution in [0.2, 0.25) is 0 Å². The van der Waals surface area contributed by atoms with Crippen LogP contribution in [0.25, 0.3) is 0 Å². The highest BCUT2D eigenvalue weighted by Crippen LogP contribution is 2.53. The van der Waals surface area contributed by atoms with Crippen molar-refractivity contribution in [1.82, 2.24) is 0 Å². The number of halogens is 1. The molecule has 2 heteroatoms. The Bertz CT molecular complexity index is 492. The summed E-state index contributed by atoms with van der Waals surface area (Å²) in [5.41, 5.74) is 1.84. The van der Waals surface area contributed by atoms with Crippen LogP contribution in [0.5, 0.6) is 0 Å². The van der Waals surface area contributed by atoms with E-state index in [0.717, 1.165) is 31.2 Å². The van der Waals surface area contributed by atoms with Crippen LogP contribution in [0.1, 0.15) is 43.7 Å². The maximum absolute atomic E-state index is 14.1. The van der Waals surface area contributed by atoms with Crippen LogP contribution in [0.3, 0.4) is 0 Å². The largest absolute Gasteiger partial charge is 0.366 e. The minimum atomic E-state index is -0.354. The third-order valence-corrected chi connectivity index (χ3v) is 4.81. The van der Waals surface area contributed by atoms with Crippen LogP contribution in [0.4, 0.5) is 4.39 Å². The van der Waals surface area contributed by atoms with E-state index >= 15 is 0 Å². The van der Waals surface area contributed by atoms with Gasteiger partial charge in [0.1, 0.15) is 5.83 Å². The monoisotopic (exact) mass is 260 g/mol. The third-order valence-electron chi connectivity index (χ3n) is 4.81. The second-order valence-electron chi connectivity index (χ2n) is 6.39. The van der Waals surface area contributed by atoms with Gasteiger partial charge in [-0.1, -0.05) is 36.8 Å². The minimum absolute atomic E-state index is 0.0360. The van der Waals surface area contributed by atoms with E-state index < -0.39 is 0 Å². The van der Waals surface area contributed by atoms with Gasteiger partial charge in [-0.15, -0.1) is 0 Å². The van der Waals surface area contributed by atoms with Gasteiger partial charge in [-0.05, 0) is 44.2 Å². The molecule has 0 atom stereocenters. The SMILES string of the molecule is Cc1ccc(COC23C=C(F)C(C)(CC2)CC3)cc1. The van der Waals surface area contributed by atoms with Crippen molar-refractivity contribution in [3.63, 3.8) is 0 Å². The van der Waals surface area contributed by atoms with Crippen molar-refractivity contribution < 1.29 is 9.13 Å².